The number of rotatable bonds is 4. The molecule has 0 amide bonds. The molecule has 0 saturated carbocycles. The second-order valence-electron chi connectivity index (χ2n) is 3.49. The van der Waals surface area contributed by atoms with E-state index in [0.717, 1.165) is 11.3 Å². The number of hydrogen-bond acceptors (Lipinski definition) is 2. The zero-order chi connectivity index (χ0) is 11.4. The van der Waals surface area contributed by atoms with Gasteiger partial charge in [-0.15, -0.1) is 11.3 Å². The summed E-state index contributed by atoms with van der Waals surface area (Å²) in [5.74, 6) is 0.245. The predicted octanol–water partition coefficient (Wildman–Crippen LogP) is 4.17. The average molecular weight is 342 g/mol. The zero-order valence-corrected chi connectivity index (χ0v) is 11.6. The minimum atomic E-state index is 0.245. The molecule has 0 aliphatic rings. The van der Waals surface area contributed by atoms with E-state index in [1.54, 1.807) is 0 Å². The second-order valence-corrected chi connectivity index (χ2v) is 5.60. The first-order valence-electron chi connectivity index (χ1n) is 5.07. The van der Waals surface area contributed by atoms with Gasteiger partial charge in [0.2, 0.25) is 0 Å². The lowest BCUT2D eigenvalue weighted by atomic mass is 10.1. The van der Waals surface area contributed by atoms with Gasteiger partial charge in [-0.2, -0.15) is 0 Å². The third kappa shape index (κ3) is 2.92. The monoisotopic (exact) mass is 342 g/mol. The molecule has 0 bridgehead atoms. The Bertz CT molecular complexity index is 476. The first-order chi connectivity index (χ1) is 7.77. The molecule has 0 N–H and O–H groups in total. The Labute approximate surface area is 113 Å². The van der Waals surface area contributed by atoms with E-state index in [1.807, 2.05) is 29.6 Å². The SMILES string of the molecule is O=C(CCc1ccccc1I)c1cccs1. The van der Waals surface area contributed by atoms with Gasteiger partial charge in [0.15, 0.2) is 5.78 Å². The van der Waals surface area contributed by atoms with Crippen molar-refractivity contribution in [2.45, 2.75) is 12.8 Å². The largest absolute Gasteiger partial charge is 0.293 e. The Morgan fingerprint density at radius 1 is 1.19 bits per heavy atom. The van der Waals surface area contributed by atoms with Crippen LogP contribution in [0.15, 0.2) is 41.8 Å². The Morgan fingerprint density at radius 3 is 2.69 bits per heavy atom. The molecule has 16 heavy (non-hydrogen) atoms. The van der Waals surface area contributed by atoms with Crippen molar-refractivity contribution in [2.75, 3.05) is 0 Å². The Balaban J connectivity index is 1.98. The number of hydrogen-bond donors (Lipinski definition) is 0. The third-order valence-electron chi connectivity index (χ3n) is 2.38. The highest BCUT2D eigenvalue weighted by Crippen LogP contribution is 2.16. The minimum Gasteiger partial charge on any atom is -0.293 e. The molecule has 2 rings (SSSR count). The molecule has 2 aromatic rings. The van der Waals surface area contributed by atoms with E-state index >= 15 is 0 Å². The molecule has 1 nitrogen and oxygen atoms in total. The van der Waals surface area contributed by atoms with Crippen LogP contribution in [-0.4, -0.2) is 5.78 Å². The quantitative estimate of drug-likeness (QED) is 0.602. The molecule has 1 heterocycles. The number of benzene rings is 1. The second kappa shape index (κ2) is 5.59. The highest BCUT2D eigenvalue weighted by molar-refractivity contribution is 14.1. The molecular formula is C13H11IOS. The van der Waals surface area contributed by atoms with Crippen molar-refractivity contribution in [3.05, 3.63) is 55.8 Å². The van der Waals surface area contributed by atoms with Gasteiger partial charge < -0.3 is 0 Å². The van der Waals surface area contributed by atoms with E-state index in [1.165, 1.54) is 20.5 Å². The van der Waals surface area contributed by atoms with E-state index in [0.29, 0.717) is 6.42 Å². The van der Waals surface area contributed by atoms with Crippen LogP contribution in [0.3, 0.4) is 0 Å². The Morgan fingerprint density at radius 2 is 2.00 bits per heavy atom. The standard InChI is InChI=1S/C13H11IOS/c14-11-5-2-1-4-10(11)7-8-12(15)13-6-3-9-16-13/h1-6,9H,7-8H2. The molecule has 0 radical (unpaired) electrons. The van der Waals surface area contributed by atoms with Crippen LogP contribution in [0.2, 0.25) is 0 Å². The van der Waals surface area contributed by atoms with Crippen LogP contribution in [0.1, 0.15) is 21.7 Å². The van der Waals surface area contributed by atoms with Gasteiger partial charge in [0.05, 0.1) is 4.88 Å². The smallest absolute Gasteiger partial charge is 0.173 e. The maximum atomic E-state index is 11.8. The van der Waals surface area contributed by atoms with E-state index in [2.05, 4.69) is 34.7 Å². The minimum absolute atomic E-state index is 0.245. The summed E-state index contributed by atoms with van der Waals surface area (Å²) in [7, 11) is 0. The molecule has 0 fully saturated rings. The van der Waals surface area contributed by atoms with Gasteiger partial charge in [-0.05, 0) is 52.1 Å². The normalized spacial score (nSPS) is 10.3. The van der Waals surface area contributed by atoms with Gasteiger partial charge in [0.25, 0.3) is 0 Å². The molecule has 0 atom stereocenters. The van der Waals surface area contributed by atoms with Gasteiger partial charge in [0.1, 0.15) is 0 Å². The summed E-state index contributed by atoms with van der Waals surface area (Å²) < 4.78 is 1.24. The number of carbonyl (C=O) groups is 1. The molecule has 0 aliphatic heterocycles. The fourth-order valence-corrected chi connectivity index (χ4v) is 2.86. The summed E-state index contributed by atoms with van der Waals surface area (Å²) in [5, 5.41) is 1.94. The molecule has 82 valence electrons. The lowest BCUT2D eigenvalue weighted by Gasteiger charge is -2.02. The first kappa shape index (κ1) is 11.8. The molecule has 1 aromatic carbocycles. The van der Waals surface area contributed by atoms with Gasteiger partial charge in [0, 0.05) is 9.99 Å². The van der Waals surface area contributed by atoms with Gasteiger partial charge >= 0.3 is 0 Å². The summed E-state index contributed by atoms with van der Waals surface area (Å²) in [4.78, 5) is 12.7. The van der Waals surface area contributed by atoms with Crippen LogP contribution in [0.4, 0.5) is 0 Å². The molecule has 0 spiro atoms. The number of ketones is 1. The fourth-order valence-electron chi connectivity index (χ4n) is 1.51. The number of halogens is 1. The van der Waals surface area contributed by atoms with Crippen molar-refractivity contribution in [1.29, 1.82) is 0 Å². The van der Waals surface area contributed by atoms with Gasteiger partial charge in [-0.25, -0.2) is 0 Å². The van der Waals surface area contributed by atoms with Crippen LogP contribution in [0, 0.1) is 3.57 Å². The molecular weight excluding hydrogens is 331 g/mol. The van der Waals surface area contributed by atoms with Crippen molar-refractivity contribution in [2.24, 2.45) is 0 Å². The van der Waals surface area contributed by atoms with Crippen molar-refractivity contribution in [1.82, 2.24) is 0 Å². The van der Waals surface area contributed by atoms with Gasteiger partial charge in [-0.1, -0.05) is 24.3 Å². The van der Waals surface area contributed by atoms with Crippen molar-refractivity contribution >= 4 is 39.7 Å². The summed E-state index contributed by atoms with van der Waals surface area (Å²) in [6.45, 7) is 0. The van der Waals surface area contributed by atoms with Crippen molar-refractivity contribution in [3.63, 3.8) is 0 Å². The van der Waals surface area contributed by atoms with Crippen LogP contribution in [0.5, 0.6) is 0 Å². The first-order valence-corrected chi connectivity index (χ1v) is 7.03. The summed E-state index contributed by atoms with van der Waals surface area (Å²) in [5.41, 5.74) is 1.26. The molecule has 0 unspecified atom stereocenters. The highest BCUT2D eigenvalue weighted by Gasteiger charge is 2.07. The number of thiophene rings is 1. The Kier molecular flexibility index (Phi) is 4.12. The van der Waals surface area contributed by atoms with E-state index in [4.69, 9.17) is 0 Å². The predicted molar refractivity (Wildman–Crippen MR) is 76.1 cm³/mol. The number of Topliss-reactive ketones (excluding diaryl/α,β-unsaturated/α-hetero) is 1. The molecule has 1 aromatic heterocycles. The maximum Gasteiger partial charge on any atom is 0.173 e. The number of aryl methyl sites for hydroxylation is 1. The average Bonchev–Trinajstić information content (AvgIpc) is 2.81. The topological polar surface area (TPSA) is 17.1 Å². The van der Waals surface area contributed by atoms with Crippen LogP contribution < -0.4 is 0 Å². The fraction of sp³-hybridized carbons (Fsp3) is 0.154. The van der Waals surface area contributed by atoms with Crippen LogP contribution in [-0.2, 0) is 6.42 Å². The molecule has 0 saturated heterocycles. The van der Waals surface area contributed by atoms with Gasteiger partial charge in [-0.3, -0.25) is 4.79 Å². The van der Waals surface area contributed by atoms with E-state index in [9.17, 15) is 4.79 Å². The van der Waals surface area contributed by atoms with E-state index in [-0.39, 0.29) is 5.78 Å². The zero-order valence-electron chi connectivity index (χ0n) is 8.65. The Hall–Kier alpha value is -0.680. The highest BCUT2D eigenvalue weighted by atomic mass is 127. The van der Waals surface area contributed by atoms with Crippen LogP contribution in [0.25, 0.3) is 0 Å². The molecule has 0 aliphatic carbocycles. The summed E-state index contributed by atoms with van der Waals surface area (Å²) in [6.07, 6.45) is 1.43. The maximum absolute atomic E-state index is 11.8. The lowest BCUT2D eigenvalue weighted by molar-refractivity contribution is 0.0986. The summed E-state index contributed by atoms with van der Waals surface area (Å²) >= 11 is 3.83. The van der Waals surface area contributed by atoms with Crippen LogP contribution >= 0.6 is 33.9 Å². The van der Waals surface area contributed by atoms with Crippen molar-refractivity contribution in [3.8, 4) is 0 Å². The lowest BCUT2D eigenvalue weighted by Crippen LogP contribution is -1.99. The molecule has 3 heteroatoms. The van der Waals surface area contributed by atoms with Crippen molar-refractivity contribution < 1.29 is 4.79 Å². The third-order valence-corrected chi connectivity index (χ3v) is 4.34. The van der Waals surface area contributed by atoms with E-state index < -0.39 is 0 Å². The summed E-state index contributed by atoms with van der Waals surface area (Å²) in [6, 6.07) is 12.0. The number of carbonyl (C=O) groups excluding carboxylic acids is 1.